The number of carbonyl (C=O) groups excluding carboxylic acids is 1. The zero-order valence-electron chi connectivity index (χ0n) is 14.7. The summed E-state index contributed by atoms with van der Waals surface area (Å²) in [5.74, 6) is -3.16. The lowest BCUT2D eigenvalue weighted by Gasteiger charge is -2.20. The molecule has 1 aromatic carbocycles. The van der Waals surface area contributed by atoms with Crippen molar-refractivity contribution in [1.82, 2.24) is 9.62 Å². The third-order valence-corrected chi connectivity index (χ3v) is 6.07. The maximum absolute atomic E-state index is 14.3. The van der Waals surface area contributed by atoms with Crippen LogP contribution in [0, 0.1) is 11.7 Å². The number of nitrogens with zero attached hydrogens (tertiary/aromatic N) is 1. The van der Waals surface area contributed by atoms with Crippen LogP contribution in [0.25, 0.3) is 0 Å². The molecule has 0 aromatic heterocycles. The van der Waals surface area contributed by atoms with Crippen molar-refractivity contribution in [3.05, 3.63) is 29.6 Å². The third kappa shape index (κ3) is 4.39. The van der Waals surface area contributed by atoms with Gasteiger partial charge in [0.25, 0.3) is 5.91 Å². The number of benzene rings is 1. The Morgan fingerprint density at radius 3 is 2.42 bits per heavy atom. The number of amides is 1. The number of aliphatic carboxylic acids is 1. The van der Waals surface area contributed by atoms with E-state index in [1.165, 1.54) is 4.90 Å². The second-order valence-electron chi connectivity index (χ2n) is 6.46. The number of halogens is 1. The highest BCUT2D eigenvalue weighted by molar-refractivity contribution is 7.89. The Labute approximate surface area is 152 Å². The largest absolute Gasteiger partial charge is 0.480 e. The highest BCUT2D eigenvalue weighted by Crippen LogP contribution is 2.20. The molecule has 1 amide bonds. The first-order valence-corrected chi connectivity index (χ1v) is 9.99. The highest BCUT2D eigenvalue weighted by atomic mass is 32.2. The Kier molecular flexibility index (Phi) is 6.35. The van der Waals surface area contributed by atoms with E-state index in [-0.39, 0.29) is 5.56 Å². The Balaban J connectivity index is 2.26. The molecule has 7 nitrogen and oxygen atoms in total. The van der Waals surface area contributed by atoms with E-state index in [9.17, 15) is 27.5 Å². The van der Waals surface area contributed by atoms with Gasteiger partial charge in [0.1, 0.15) is 11.9 Å². The number of carboxylic acid groups (broad SMARTS) is 1. The van der Waals surface area contributed by atoms with Gasteiger partial charge in [-0.1, -0.05) is 20.3 Å². The van der Waals surface area contributed by atoms with Crippen LogP contribution in [0.1, 0.15) is 43.5 Å². The van der Waals surface area contributed by atoms with E-state index in [1.807, 2.05) is 0 Å². The lowest BCUT2D eigenvalue weighted by Crippen LogP contribution is -2.44. The quantitative estimate of drug-likeness (QED) is 0.744. The number of nitrogens with one attached hydrogen (secondary N) is 1. The number of carbonyl (C=O) groups is 2. The average Bonchev–Trinajstić information content (AvgIpc) is 3.12. The summed E-state index contributed by atoms with van der Waals surface area (Å²) < 4.78 is 41.3. The van der Waals surface area contributed by atoms with Gasteiger partial charge in [0.15, 0.2) is 0 Å². The van der Waals surface area contributed by atoms with Crippen LogP contribution in [0.2, 0.25) is 0 Å². The first-order valence-electron chi connectivity index (χ1n) is 8.51. The predicted octanol–water partition coefficient (Wildman–Crippen LogP) is 1.84. The zero-order chi connectivity index (χ0) is 19.5. The molecule has 1 saturated heterocycles. The molecule has 144 valence electrons. The van der Waals surface area contributed by atoms with Crippen LogP contribution in [0.4, 0.5) is 4.39 Å². The van der Waals surface area contributed by atoms with Crippen LogP contribution in [-0.2, 0) is 14.8 Å². The first kappa shape index (κ1) is 20.3. The fourth-order valence-corrected chi connectivity index (χ4v) is 4.12. The summed E-state index contributed by atoms with van der Waals surface area (Å²) >= 11 is 0. The lowest BCUT2D eigenvalue weighted by atomic mass is 10.0. The van der Waals surface area contributed by atoms with Gasteiger partial charge in [-0.15, -0.1) is 0 Å². The van der Waals surface area contributed by atoms with E-state index in [2.05, 4.69) is 4.72 Å². The maximum Gasteiger partial charge on any atom is 0.322 e. The van der Waals surface area contributed by atoms with Crippen LogP contribution in [-0.4, -0.2) is 49.4 Å². The van der Waals surface area contributed by atoms with Crippen LogP contribution in [0.3, 0.4) is 0 Å². The van der Waals surface area contributed by atoms with Gasteiger partial charge in [0.2, 0.25) is 10.0 Å². The van der Waals surface area contributed by atoms with Crippen molar-refractivity contribution in [1.29, 1.82) is 0 Å². The van der Waals surface area contributed by atoms with Crippen LogP contribution in [0.15, 0.2) is 23.1 Å². The maximum atomic E-state index is 14.3. The molecule has 26 heavy (non-hydrogen) atoms. The lowest BCUT2D eigenvalue weighted by molar-refractivity contribution is -0.140. The molecule has 0 unspecified atom stereocenters. The van der Waals surface area contributed by atoms with Crippen molar-refractivity contribution >= 4 is 21.9 Å². The van der Waals surface area contributed by atoms with Gasteiger partial charge in [0.05, 0.1) is 10.5 Å². The summed E-state index contributed by atoms with van der Waals surface area (Å²) in [5.41, 5.74) is -0.192. The summed E-state index contributed by atoms with van der Waals surface area (Å²) in [7, 11) is -4.24. The monoisotopic (exact) mass is 386 g/mol. The SMILES string of the molecule is CC[C@H](C)[C@H](NS(=O)(=O)c1ccc(C(=O)N2CCCC2)c(F)c1)C(=O)O. The van der Waals surface area contributed by atoms with E-state index in [0.717, 1.165) is 31.0 Å². The average molecular weight is 386 g/mol. The van der Waals surface area contributed by atoms with Crippen molar-refractivity contribution in [3.8, 4) is 0 Å². The highest BCUT2D eigenvalue weighted by Gasteiger charge is 2.30. The van der Waals surface area contributed by atoms with Crippen molar-refractivity contribution in [2.24, 2.45) is 5.92 Å². The molecule has 0 radical (unpaired) electrons. The number of hydrogen-bond acceptors (Lipinski definition) is 4. The molecule has 2 N–H and O–H groups in total. The smallest absolute Gasteiger partial charge is 0.322 e. The minimum atomic E-state index is -4.24. The van der Waals surface area contributed by atoms with E-state index in [1.54, 1.807) is 13.8 Å². The fourth-order valence-electron chi connectivity index (χ4n) is 2.81. The van der Waals surface area contributed by atoms with Gasteiger partial charge in [-0.05, 0) is 37.0 Å². The molecule has 0 saturated carbocycles. The van der Waals surface area contributed by atoms with Gasteiger partial charge >= 0.3 is 5.97 Å². The molecule has 1 aliphatic rings. The van der Waals surface area contributed by atoms with Gasteiger partial charge in [-0.25, -0.2) is 12.8 Å². The molecule has 2 rings (SSSR count). The number of carboxylic acids is 1. The standard InChI is InChI=1S/C17H23FN2O5S/c1-3-11(2)15(17(22)23)19-26(24,25)12-6-7-13(14(18)10-12)16(21)20-8-4-5-9-20/h6-7,10-11,15,19H,3-5,8-9H2,1-2H3,(H,22,23)/t11-,15-/m0/s1. The van der Waals surface area contributed by atoms with E-state index < -0.39 is 44.6 Å². The molecule has 0 spiro atoms. The number of hydrogen-bond donors (Lipinski definition) is 2. The molecular weight excluding hydrogens is 363 g/mol. The third-order valence-electron chi connectivity index (χ3n) is 4.64. The van der Waals surface area contributed by atoms with Gasteiger partial charge in [-0.2, -0.15) is 4.72 Å². The van der Waals surface area contributed by atoms with Gasteiger partial charge in [0, 0.05) is 13.1 Å². The number of likely N-dealkylation sites (tertiary alicyclic amines) is 1. The predicted molar refractivity (Wildman–Crippen MR) is 92.7 cm³/mol. The van der Waals surface area contributed by atoms with Crippen LogP contribution >= 0.6 is 0 Å². The normalized spacial score (nSPS) is 17.1. The molecule has 1 aromatic rings. The zero-order valence-corrected chi connectivity index (χ0v) is 15.6. The van der Waals surface area contributed by atoms with Crippen molar-refractivity contribution in [2.45, 2.75) is 44.0 Å². The Morgan fingerprint density at radius 1 is 1.31 bits per heavy atom. The molecular formula is C17H23FN2O5S. The van der Waals surface area contributed by atoms with Crippen molar-refractivity contribution in [2.75, 3.05) is 13.1 Å². The Morgan fingerprint density at radius 2 is 1.92 bits per heavy atom. The summed E-state index contributed by atoms with van der Waals surface area (Å²) in [4.78, 5) is 24.7. The van der Waals surface area contributed by atoms with E-state index >= 15 is 0 Å². The molecule has 2 atom stereocenters. The van der Waals surface area contributed by atoms with Crippen molar-refractivity contribution in [3.63, 3.8) is 0 Å². The van der Waals surface area contributed by atoms with Crippen LogP contribution in [0.5, 0.6) is 0 Å². The summed E-state index contributed by atoms with van der Waals surface area (Å²) in [6.45, 7) is 4.46. The molecule has 1 aliphatic heterocycles. The van der Waals surface area contributed by atoms with E-state index in [0.29, 0.717) is 19.5 Å². The van der Waals surface area contributed by atoms with E-state index in [4.69, 9.17) is 0 Å². The molecule has 1 heterocycles. The fraction of sp³-hybridized carbons (Fsp3) is 0.529. The molecule has 1 fully saturated rings. The summed E-state index contributed by atoms with van der Waals surface area (Å²) in [6.07, 6.45) is 2.17. The van der Waals surface area contributed by atoms with Crippen LogP contribution < -0.4 is 4.72 Å². The van der Waals surface area contributed by atoms with Gasteiger partial charge in [-0.3, -0.25) is 9.59 Å². The summed E-state index contributed by atoms with van der Waals surface area (Å²) in [5, 5.41) is 9.23. The van der Waals surface area contributed by atoms with Gasteiger partial charge < -0.3 is 10.0 Å². The summed E-state index contributed by atoms with van der Waals surface area (Å²) in [6, 6.07) is 1.67. The molecule has 9 heteroatoms. The topological polar surface area (TPSA) is 104 Å². The molecule has 0 aliphatic carbocycles. The first-order chi connectivity index (χ1) is 12.2. The second-order valence-corrected chi connectivity index (χ2v) is 8.18. The Hall–Kier alpha value is -2.00. The number of rotatable bonds is 7. The minimum Gasteiger partial charge on any atom is -0.480 e. The minimum absolute atomic E-state index is 0.192. The van der Waals surface area contributed by atoms with Crippen molar-refractivity contribution < 1.29 is 27.5 Å². The second kappa shape index (κ2) is 8.13. The number of sulfonamides is 1. The molecule has 0 bridgehead atoms. The Bertz CT molecular complexity index is 790.